The highest BCUT2D eigenvalue weighted by Crippen LogP contribution is 2.51. The van der Waals surface area contributed by atoms with Gasteiger partial charge in [-0.05, 0) is 49.3 Å². The van der Waals surface area contributed by atoms with E-state index in [9.17, 15) is 22.0 Å². The van der Waals surface area contributed by atoms with E-state index in [4.69, 9.17) is 0 Å². The molecule has 7 heteroatoms. The summed E-state index contributed by atoms with van der Waals surface area (Å²) in [5.41, 5.74) is 2.24. The van der Waals surface area contributed by atoms with Crippen LogP contribution < -0.4 is 5.01 Å². The van der Waals surface area contributed by atoms with Crippen molar-refractivity contribution in [2.24, 2.45) is 11.8 Å². The molecule has 0 atom stereocenters. The monoisotopic (exact) mass is 358 g/mol. The number of allylic oxidation sites excluding steroid dienone is 1. The van der Waals surface area contributed by atoms with Gasteiger partial charge in [0.25, 0.3) is 0 Å². The number of halogens is 5. The van der Waals surface area contributed by atoms with E-state index < -0.39 is 24.2 Å². The molecule has 2 saturated carbocycles. The highest BCUT2D eigenvalue weighted by Gasteiger charge is 2.45. The number of benzene rings is 1. The molecule has 136 valence electrons. The number of alkyl halides is 3. The smallest absolute Gasteiger partial charge is 0.288 e. The van der Waals surface area contributed by atoms with Crippen LogP contribution >= 0.6 is 0 Å². The van der Waals surface area contributed by atoms with Crippen molar-refractivity contribution >= 4 is 5.69 Å². The SMILES string of the molecule is Fc1ccc(N2CC(C3CC3)=C(C3CC3)N2CCC(F)(F)F)c(F)c1. The molecular weight excluding hydrogens is 339 g/mol. The van der Waals surface area contributed by atoms with Crippen molar-refractivity contribution in [3.8, 4) is 0 Å². The average Bonchev–Trinajstić information content (AvgIpc) is 3.42. The van der Waals surface area contributed by atoms with Gasteiger partial charge in [0.2, 0.25) is 0 Å². The molecule has 1 aliphatic heterocycles. The molecule has 1 heterocycles. The van der Waals surface area contributed by atoms with Crippen LogP contribution in [0, 0.1) is 23.5 Å². The van der Waals surface area contributed by atoms with E-state index in [1.54, 1.807) is 10.0 Å². The lowest BCUT2D eigenvalue weighted by Gasteiger charge is -2.34. The zero-order chi connectivity index (χ0) is 17.8. The normalized spacial score (nSPS) is 21.5. The van der Waals surface area contributed by atoms with Gasteiger partial charge in [0, 0.05) is 24.2 Å². The lowest BCUT2D eigenvalue weighted by atomic mass is 10.1. The number of hydrogen-bond acceptors (Lipinski definition) is 2. The van der Waals surface area contributed by atoms with E-state index in [1.165, 1.54) is 6.07 Å². The summed E-state index contributed by atoms with van der Waals surface area (Å²) in [6.07, 6.45) is -1.22. The highest BCUT2D eigenvalue weighted by molar-refractivity contribution is 5.53. The third-order valence-corrected chi connectivity index (χ3v) is 5.05. The maximum Gasteiger partial charge on any atom is 0.390 e. The van der Waals surface area contributed by atoms with Gasteiger partial charge in [0.15, 0.2) is 5.82 Å². The first-order valence-electron chi connectivity index (χ1n) is 8.63. The maximum absolute atomic E-state index is 14.3. The van der Waals surface area contributed by atoms with Crippen molar-refractivity contribution < 1.29 is 22.0 Å². The maximum atomic E-state index is 14.3. The Labute approximate surface area is 142 Å². The van der Waals surface area contributed by atoms with Gasteiger partial charge in [-0.3, -0.25) is 10.0 Å². The molecule has 0 radical (unpaired) electrons. The summed E-state index contributed by atoms with van der Waals surface area (Å²) in [6, 6.07) is 3.24. The zero-order valence-electron chi connectivity index (χ0n) is 13.6. The molecule has 0 aromatic heterocycles. The minimum atomic E-state index is -4.27. The minimum Gasteiger partial charge on any atom is -0.288 e. The predicted molar refractivity (Wildman–Crippen MR) is 83.6 cm³/mol. The summed E-state index contributed by atoms with van der Waals surface area (Å²) in [7, 11) is 0. The van der Waals surface area contributed by atoms with Crippen LogP contribution in [0.3, 0.4) is 0 Å². The lowest BCUT2D eigenvalue weighted by Crippen LogP contribution is -2.40. The number of hydrogen-bond donors (Lipinski definition) is 0. The van der Waals surface area contributed by atoms with Crippen molar-refractivity contribution in [1.29, 1.82) is 0 Å². The van der Waals surface area contributed by atoms with E-state index in [-0.39, 0.29) is 18.2 Å². The Balaban J connectivity index is 1.67. The predicted octanol–water partition coefficient (Wildman–Crippen LogP) is 5.03. The second kappa shape index (κ2) is 5.88. The Hall–Kier alpha value is -1.79. The van der Waals surface area contributed by atoms with Crippen LogP contribution in [-0.4, -0.2) is 24.3 Å². The van der Waals surface area contributed by atoms with Crippen LogP contribution in [0.15, 0.2) is 29.5 Å². The summed E-state index contributed by atoms with van der Waals surface area (Å²) in [5.74, 6) is -0.765. The van der Waals surface area contributed by atoms with Gasteiger partial charge >= 0.3 is 6.18 Å². The molecule has 0 spiro atoms. The number of nitrogens with zero attached hydrogens (tertiary/aromatic N) is 2. The molecule has 2 aliphatic carbocycles. The highest BCUT2D eigenvalue weighted by atomic mass is 19.4. The Bertz CT molecular complexity index is 704. The second-order valence-electron chi connectivity index (χ2n) is 7.10. The first kappa shape index (κ1) is 16.7. The van der Waals surface area contributed by atoms with E-state index in [2.05, 4.69) is 0 Å². The van der Waals surface area contributed by atoms with Gasteiger partial charge < -0.3 is 0 Å². The standard InChI is InChI=1S/C18H19F5N2/c19-13-5-6-16(15(20)9-13)25-10-14(11-1-2-11)17(12-3-4-12)24(25)8-7-18(21,22)23/h5-6,9,11-12H,1-4,7-8,10H2. The van der Waals surface area contributed by atoms with Crippen LogP contribution in [0.2, 0.25) is 0 Å². The van der Waals surface area contributed by atoms with E-state index >= 15 is 0 Å². The van der Waals surface area contributed by atoms with Gasteiger partial charge in [-0.25, -0.2) is 8.78 Å². The summed E-state index contributed by atoms with van der Waals surface area (Å²) >= 11 is 0. The fourth-order valence-corrected chi connectivity index (χ4v) is 3.60. The summed E-state index contributed by atoms with van der Waals surface area (Å²) in [5, 5.41) is 3.18. The van der Waals surface area contributed by atoms with Crippen molar-refractivity contribution in [3.63, 3.8) is 0 Å². The van der Waals surface area contributed by atoms with Crippen LogP contribution in [0.25, 0.3) is 0 Å². The molecule has 4 rings (SSSR count). The summed E-state index contributed by atoms with van der Waals surface area (Å²) in [4.78, 5) is 0. The lowest BCUT2D eigenvalue weighted by molar-refractivity contribution is -0.137. The fourth-order valence-electron chi connectivity index (χ4n) is 3.60. The molecule has 0 unspecified atom stereocenters. The Morgan fingerprint density at radius 1 is 1.00 bits per heavy atom. The number of rotatable bonds is 5. The van der Waals surface area contributed by atoms with Crippen LogP contribution in [0.1, 0.15) is 32.1 Å². The van der Waals surface area contributed by atoms with Crippen molar-refractivity contribution in [2.75, 3.05) is 18.1 Å². The van der Waals surface area contributed by atoms with E-state index in [1.807, 2.05) is 0 Å². The molecule has 0 saturated heterocycles. The van der Waals surface area contributed by atoms with Crippen LogP contribution in [-0.2, 0) is 0 Å². The fraction of sp³-hybridized carbons (Fsp3) is 0.556. The first-order valence-corrected chi connectivity index (χ1v) is 8.63. The Morgan fingerprint density at radius 3 is 2.24 bits per heavy atom. The second-order valence-corrected chi connectivity index (χ2v) is 7.10. The van der Waals surface area contributed by atoms with Crippen LogP contribution in [0.4, 0.5) is 27.6 Å². The molecule has 2 nitrogen and oxygen atoms in total. The molecule has 0 N–H and O–H groups in total. The van der Waals surface area contributed by atoms with Crippen molar-refractivity contribution in [3.05, 3.63) is 41.1 Å². The third kappa shape index (κ3) is 3.46. The summed E-state index contributed by atoms with van der Waals surface area (Å²) < 4.78 is 65.9. The first-order chi connectivity index (χ1) is 11.8. The van der Waals surface area contributed by atoms with E-state index in [0.717, 1.165) is 49.1 Å². The summed E-state index contributed by atoms with van der Waals surface area (Å²) in [6.45, 7) is 0.166. The molecule has 3 aliphatic rings. The Kier molecular flexibility index (Phi) is 3.92. The topological polar surface area (TPSA) is 6.48 Å². The molecular formula is C18H19F5N2. The van der Waals surface area contributed by atoms with E-state index in [0.29, 0.717) is 12.5 Å². The van der Waals surface area contributed by atoms with Gasteiger partial charge in [0.1, 0.15) is 5.82 Å². The quantitative estimate of drug-likeness (QED) is 0.682. The minimum absolute atomic E-state index is 0.136. The van der Waals surface area contributed by atoms with Gasteiger partial charge in [-0.15, -0.1) is 0 Å². The largest absolute Gasteiger partial charge is 0.390 e. The van der Waals surface area contributed by atoms with Gasteiger partial charge in [-0.2, -0.15) is 13.2 Å². The van der Waals surface area contributed by atoms with Crippen molar-refractivity contribution in [2.45, 2.75) is 38.3 Å². The Morgan fingerprint density at radius 2 is 1.68 bits per heavy atom. The molecule has 2 fully saturated rings. The number of hydrazine groups is 1. The molecule has 25 heavy (non-hydrogen) atoms. The zero-order valence-corrected chi connectivity index (χ0v) is 13.6. The van der Waals surface area contributed by atoms with Crippen molar-refractivity contribution in [1.82, 2.24) is 5.01 Å². The average molecular weight is 358 g/mol. The molecule has 0 bridgehead atoms. The van der Waals surface area contributed by atoms with Crippen LogP contribution in [0.5, 0.6) is 0 Å². The van der Waals surface area contributed by atoms with Gasteiger partial charge in [-0.1, -0.05) is 0 Å². The molecule has 1 aromatic rings. The molecule has 1 aromatic carbocycles. The molecule has 0 amide bonds. The third-order valence-electron chi connectivity index (χ3n) is 5.05. The number of anilines is 1. The van der Waals surface area contributed by atoms with Gasteiger partial charge in [0.05, 0.1) is 18.7 Å².